The summed E-state index contributed by atoms with van der Waals surface area (Å²) < 4.78 is 7.32. The van der Waals surface area contributed by atoms with Crippen LogP contribution < -0.4 is 5.73 Å². The summed E-state index contributed by atoms with van der Waals surface area (Å²) in [6.07, 6.45) is 3.63. The summed E-state index contributed by atoms with van der Waals surface area (Å²) in [7, 11) is 0. The number of nitrogens with zero attached hydrogens (tertiary/aromatic N) is 6. The van der Waals surface area contributed by atoms with Crippen LogP contribution in [0.5, 0.6) is 0 Å². The van der Waals surface area contributed by atoms with Gasteiger partial charge in [0.1, 0.15) is 5.69 Å². The van der Waals surface area contributed by atoms with Gasteiger partial charge in [-0.1, -0.05) is 5.16 Å². The molecule has 8 nitrogen and oxygen atoms in total. The number of hydrogen-bond acceptors (Lipinski definition) is 7. The lowest BCUT2D eigenvalue weighted by atomic mass is 10.1. The van der Waals surface area contributed by atoms with E-state index in [-0.39, 0.29) is 6.04 Å². The highest BCUT2D eigenvalue weighted by Crippen LogP contribution is 2.28. The van der Waals surface area contributed by atoms with E-state index in [4.69, 9.17) is 10.3 Å². The number of rotatable bonds is 4. The molecule has 3 fully saturated rings. The van der Waals surface area contributed by atoms with Crippen molar-refractivity contribution in [3.05, 3.63) is 18.3 Å². The van der Waals surface area contributed by atoms with Gasteiger partial charge in [-0.05, 0) is 0 Å². The molecule has 21 heavy (non-hydrogen) atoms. The van der Waals surface area contributed by atoms with Gasteiger partial charge in [0, 0.05) is 52.0 Å². The predicted octanol–water partition coefficient (Wildman–Crippen LogP) is -0.436. The first-order valence-electron chi connectivity index (χ1n) is 7.36. The summed E-state index contributed by atoms with van der Waals surface area (Å²) in [5.41, 5.74) is 6.24. The predicted molar refractivity (Wildman–Crippen MR) is 75.3 cm³/mol. The van der Waals surface area contributed by atoms with Gasteiger partial charge in [-0.3, -0.25) is 9.80 Å². The minimum absolute atomic E-state index is 0.246. The number of nitrogens with two attached hydrogens (primary N) is 1. The molecule has 0 saturated carbocycles. The van der Waals surface area contributed by atoms with Crippen molar-refractivity contribution in [2.45, 2.75) is 12.6 Å². The molecule has 2 aromatic rings. The van der Waals surface area contributed by atoms with Gasteiger partial charge >= 0.3 is 0 Å². The van der Waals surface area contributed by atoms with Gasteiger partial charge in [-0.2, -0.15) is 4.98 Å². The van der Waals surface area contributed by atoms with Crippen LogP contribution in [-0.4, -0.2) is 68.8 Å². The van der Waals surface area contributed by atoms with E-state index in [2.05, 4.69) is 24.9 Å². The van der Waals surface area contributed by atoms with Crippen LogP contribution in [-0.2, 0) is 6.54 Å². The van der Waals surface area contributed by atoms with E-state index in [1.807, 2.05) is 10.8 Å². The van der Waals surface area contributed by atoms with Crippen molar-refractivity contribution in [3.63, 3.8) is 0 Å². The van der Waals surface area contributed by atoms with Gasteiger partial charge in [0.2, 0.25) is 0 Å². The molecule has 112 valence electrons. The Labute approximate surface area is 122 Å². The largest absolute Gasteiger partial charge is 0.335 e. The number of piperazine rings is 3. The Bertz CT molecular complexity index is 614. The Morgan fingerprint density at radius 1 is 1.29 bits per heavy atom. The lowest BCUT2D eigenvalue weighted by Crippen LogP contribution is -2.57. The summed E-state index contributed by atoms with van der Waals surface area (Å²) in [5, 5.41) is 4.16. The highest BCUT2D eigenvalue weighted by atomic mass is 16.5. The van der Waals surface area contributed by atoms with Crippen LogP contribution in [0.1, 0.15) is 11.9 Å². The van der Waals surface area contributed by atoms with Crippen LogP contribution in [0, 0.1) is 0 Å². The zero-order chi connectivity index (χ0) is 14.2. The standard InChI is InChI=1S/C13H19N7O/c14-1-2-19-7-10(15-9-19)13-16-12(17-21-13)11-8-18-3-5-20(11)6-4-18/h7,9,11H,1-6,8,14H2. The van der Waals surface area contributed by atoms with Crippen LogP contribution in [0.4, 0.5) is 0 Å². The fourth-order valence-corrected chi connectivity index (χ4v) is 3.08. The van der Waals surface area contributed by atoms with Crippen molar-refractivity contribution < 1.29 is 4.52 Å². The lowest BCUT2D eigenvalue weighted by Gasteiger charge is -2.46. The normalized spacial score (nSPS) is 28.1. The number of aromatic nitrogens is 4. The van der Waals surface area contributed by atoms with E-state index in [1.54, 1.807) is 6.33 Å². The van der Waals surface area contributed by atoms with E-state index in [9.17, 15) is 0 Å². The van der Waals surface area contributed by atoms with E-state index in [0.29, 0.717) is 18.1 Å². The van der Waals surface area contributed by atoms with Crippen molar-refractivity contribution >= 4 is 0 Å². The molecule has 1 unspecified atom stereocenters. The Hall–Kier alpha value is -1.77. The average Bonchev–Trinajstić information content (AvgIpc) is 3.17. The lowest BCUT2D eigenvalue weighted by molar-refractivity contribution is 0.00781. The maximum Gasteiger partial charge on any atom is 0.278 e. The highest BCUT2D eigenvalue weighted by molar-refractivity contribution is 5.44. The van der Waals surface area contributed by atoms with Crippen LogP contribution in [0.2, 0.25) is 0 Å². The van der Waals surface area contributed by atoms with Crippen LogP contribution >= 0.6 is 0 Å². The monoisotopic (exact) mass is 289 g/mol. The van der Waals surface area contributed by atoms with Gasteiger partial charge < -0.3 is 14.8 Å². The highest BCUT2D eigenvalue weighted by Gasteiger charge is 2.35. The van der Waals surface area contributed by atoms with Gasteiger partial charge in [0.15, 0.2) is 5.82 Å². The topological polar surface area (TPSA) is 89.2 Å². The molecule has 2 bridgehead atoms. The van der Waals surface area contributed by atoms with Crippen molar-refractivity contribution in [1.82, 2.24) is 29.5 Å². The van der Waals surface area contributed by atoms with Crippen molar-refractivity contribution in [3.8, 4) is 11.6 Å². The Kier molecular flexibility index (Phi) is 3.21. The number of imidazole rings is 1. The third kappa shape index (κ3) is 2.35. The van der Waals surface area contributed by atoms with Crippen LogP contribution in [0.15, 0.2) is 17.0 Å². The molecule has 3 aliphatic rings. The Balaban J connectivity index is 1.55. The molecule has 0 spiro atoms. The van der Waals surface area contributed by atoms with Gasteiger partial charge in [-0.15, -0.1) is 0 Å². The van der Waals surface area contributed by atoms with E-state index in [1.165, 1.54) is 0 Å². The summed E-state index contributed by atoms with van der Waals surface area (Å²) in [5.74, 6) is 1.25. The maximum absolute atomic E-state index is 5.53. The summed E-state index contributed by atoms with van der Waals surface area (Å²) >= 11 is 0. The summed E-state index contributed by atoms with van der Waals surface area (Å²) in [6, 6.07) is 0.246. The van der Waals surface area contributed by atoms with E-state index < -0.39 is 0 Å². The van der Waals surface area contributed by atoms with Crippen molar-refractivity contribution in [2.75, 3.05) is 39.3 Å². The molecule has 0 aliphatic carbocycles. The zero-order valence-corrected chi connectivity index (χ0v) is 11.9. The molecular weight excluding hydrogens is 270 g/mol. The minimum Gasteiger partial charge on any atom is -0.335 e. The van der Waals surface area contributed by atoms with Gasteiger partial charge in [0.25, 0.3) is 5.89 Å². The smallest absolute Gasteiger partial charge is 0.278 e. The first-order chi connectivity index (χ1) is 10.3. The SMILES string of the molecule is NCCn1cnc(-c2nc(C3CN4CCN3CC4)no2)c1. The molecule has 0 aromatic carbocycles. The molecule has 3 aliphatic heterocycles. The molecule has 5 heterocycles. The second-order valence-electron chi connectivity index (χ2n) is 5.60. The number of hydrogen-bond donors (Lipinski definition) is 1. The molecule has 0 amide bonds. The molecule has 2 N–H and O–H groups in total. The van der Waals surface area contributed by atoms with Crippen LogP contribution in [0.25, 0.3) is 11.6 Å². The maximum atomic E-state index is 5.53. The number of fused-ring (bicyclic) bond motifs is 3. The first kappa shape index (κ1) is 12.9. The minimum atomic E-state index is 0.246. The third-order valence-corrected chi connectivity index (χ3v) is 4.26. The third-order valence-electron chi connectivity index (χ3n) is 4.26. The molecule has 5 rings (SSSR count). The fourth-order valence-electron chi connectivity index (χ4n) is 3.08. The molecular formula is C13H19N7O. The summed E-state index contributed by atoms with van der Waals surface area (Å²) in [4.78, 5) is 13.7. The van der Waals surface area contributed by atoms with E-state index in [0.717, 1.165) is 45.1 Å². The molecule has 1 atom stereocenters. The Morgan fingerprint density at radius 3 is 2.86 bits per heavy atom. The van der Waals surface area contributed by atoms with Crippen LogP contribution in [0.3, 0.4) is 0 Å². The van der Waals surface area contributed by atoms with Gasteiger partial charge in [0.05, 0.1) is 12.4 Å². The van der Waals surface area contributed by atoms with Gasteiger partial charge in [-0.25, -0.2) is 4.98 Å². The second kappa shape index (κ2) is 5.21. The molecule has 2 aromatic heterocycles. The zero-order valence-electron chi connectivity index (χ0n) is 11.9. The van der Waals surface area contributed by atoms with Crippen molar-refractivity contribution in [1.29, 1.82) is 0 Å². The summed E-state index contributed by atoms with van der Waals surface area (Å²) in [6.45, 7) is 6.76. The Morgan fingerprint density at radius 2 is 2.14 bits per heavy atom. The molecule has 3 saturated heterocycles. The average molecular weight is 289 g/mol. The quantitative estimate of drug-likeness (QED) is 0.816. The second-order valence-corrected chi connectivity index (χ2v) is 5.60. The first-order valence-corrected chi connectivity index (χ1v) is 7.36. The van der Waals surface area contributed by atoms with E-state index >= 15 is 0 Å². The van der Waals surface area contributed by atoms with Crippen molar-refractivity contribution in [2.24, 2.45) is 5.73 Å². The fraction of sp³-hybridized carbons (Fsp3) is 0.615. The molecule has 0 radical (unpaired) electrons. The molecule has 8 heteroatoms.